The Morgan fingerprint density at radius 3 is 2.48 bits per heavy atom. The van der Waals surface area contributed by atoms with Gasteiger partial charge in [0.25, 0.3) is 0 Å². The minimum atomic E-state index is -0.118. The molecule has 0 saturated carbocycles. The molecule has 142 valence electrons. The largest absolute Gasteiger partial charge is 0.496 e. The Balaban J connectivity index is 1.84. The van der Waals surface area contributed by atoms with Gasteiger partial charge in [-0.2, -0.15) is 0 Å². The molecule has 5 nitrogen and oxygen atoms in total. The van der Waals surface area contributed by atoms with Crippen LogP contribution >= 0.6 is 0 Å². The van der Waals surface area contributed by atoms with Crippen LogP contribution in [0.25, 0.3) is 22.3 Å². The van der Waals surface area contributed by atoms with E-state index in [1.807, 2.05) is 57.4 Å². The second-order valence-electron chi connectivity index (χ2n) is 6.84. The predicted octanol–water partition coefficient (Wildman–Crippen LogP) is 4.11. The molecule has 0 saturated heterocycles. The molecule has 0 radical (unpaired) electrons. The summed E-state index contributed by atoms with van der Waals surface area (Å²) in [5, 5.41) is 0.465. The standard InChI is InChI=1S/C22H25NO4/c1-15-12-20(25-4)22-18(24)14-19(27-21(22)13-15)16-6-8-17(9-7-16)26-11-5-10-23(2)3/h6-9,12-14H,5,10-11H2,1-4H3. The van der Waals surface area contributed by atoms with Crippen LogP contribution in [0.3, 0.4) is 0 Å². The summed E-state index contributed by atoms with van der Waals surface area (Å²) in [5.41, 5.74) is 2.21. The van der Waals surface area contributed by atoms with Gasteiger partial charge in [0, 0.05) is 18.2 Å². The molecule has 0 spiro atoms. The van der Waals surface area contributed by atoms with E-state index in [0.717, 1.165) is 29.8 Å². The summed E-state index contributed by atoms with van der Waals surface area (Å²) < 4.78 is 17.1. The highest BCUT2D eigenvalue weighted by Gasteiger charge is 2.12. The van der Waals surface area contributed by atoms with Crippen molar-refractivity contribution in [2.24, 2.45) is 0 Å². The molecule has 0 aliphatic heterocycles. The summed E-state index contributed by atoms with van der Waals surface area (Å²) in [6, 6.07) is 12.8. The van der Waals surface area contributed by atoms with Gasteiger partial charge in [0.2, 0.25) is 0 Å². The monoisotopic (exact) mass is 367 g/mol. The summed E-state index contributed by atoms with van der Waals surface area (Å²) >= 11 is 0. The van der Waals surface area contributed by atoms with Crippen LogP contribution in [0.1, 0.15) is 12.0 Å². The van der Waals surface area contributed by atoms with Gasteiger partial charge in [-0.15, -0.1) is 0 Å². The zero-order valence-electron chi connectivity index (χ0n) is 16.2. The SMILES string of the molecule is COc1cc(C)cc2oc(-c3ccc(OCCCN(C)C)cc3)cc(=O)c12. The highest BCUT2D eigenvalue weighted by atomic mass is 16.5. The molecule has 3 rings (SSSR count). The number of methoxy groups -OCH3 is 1. The molecule has 0 unspecified atom stereocenters. The van der Waals surface area contributed by atoms with Crippen molar-refractivity contribution in [3.8, 4) is 22.8 Å². The second-order valence-corrected chi connectivity index (χ2v) is 6.84. The first-order valence-corrected chi connectivity index (χ1v) is 8.98. The smallest absolute Gasteiger partial charge is 0.197 e. The Kier molecular flexibility index (Phi) is 5.81. The Hall–Kier alpha value is -2.79. The zero-order valence-corrected chi connectivity index (χ0v) is 16.2. The van der Waals surface area contributed by atoms with Gasteiger partial charge in [0.05, 0.1) is 13.7 Å². The van der Waals surface area contributed by atoms with Crippen LogP contribution in [0, 0.1) is 6.92 Å². The lowest BCUT2D eigenvalue weighted by Gasteiger charge is -2.11. The van der Waals surface area contributed by atoms with Crippen LogP contribution in [0.5, 0.6) is 11.5 Å². The van der Waals surface area contributed by atoms with E-state index in [1.54, 1.807) is 7.11 Å². The van der Waals surface area contributed by atoms with Gasteiger partial charge in [-0.25, -0.2) is 0 Å². The van der Waals surface area contributed by atoms with Crippen LogP contribution in [0.2, 0.25) is 0 Å². The minimum absolute atomic E-state index is 0.118. The minimum Gasteiger partial charge on any atom is -0.496 e. The van der Waals surface area contributed by atoms with Crippen LogP contribution in [0.4, 0.5) is 0 Å². The zero-order chi connectivity index (χ0) is 19.4. The van der Waals surface area contributed by atoms with Gasteiger partial charge >= 0.3 is 0 Å². The fourth-order valence-corrected chi connectivity index (χ4v) is 2.97. The lowest BCUT2D eigenvalue weighted by Crippen LogP contribution is -2.15. The van der Waals surface area contributed by atoms with Crippen molar-refractivity contribution in [1.29, 1.82) is 0 Å². The average molecular weight is 367 g/mol. The van der Waals surface area contributed by atoms with Crippen molar-refractivity contribution in [3.05, 3.63) is 58.3 Å². The van der Waals surface area contributed by atoms with Gasteiger partial charge in [-0.3, -0.25) is 4.79 Å². The van der Waals surface area contributed by atoms with Crippen LogP contribution in [-0.2, 0) is 0 Å². The van der Waals surface area contributed by atoms with Crippen molar-refractivity contribution in [1.82, 2.24) is 4.90 Å². The number of benzene rings is 2. The van der Waals surface area contributed by atoms with Crippen molar-refractivity contribution >= 4 is 11.0 Å². The van der Waals surface area contributed by atoms with E-state index in [2.05, 4.69) is 4.90 Å². The first-order valence-electron chi connectivity index (χ1n) is 8.98. The number of aryl methyl sites for hydroxylation is 1. The molecule has 0 fully saturated rings. The van der Waals surface area contributed by atoms with Gasteiger partial charge in [0.1, 0.15) is 28.2 Å². The normalized spacial score (nSPS) is 11.1. The summed E-state index contributed by atoms with van der Waals surface area (Å²) in [6.07, 6.45) is 0.968. The predicted molar refractivity (Wildman–Crippen MR) is 108 cm³/mol. The average Bonchev–Trinajstić information content (AvgIpc) is 2.64. The second kappa shape index (κ2) is 8.27. The molecule has 0 atom stereocenters. The fraction of sp³-hybridized carbons (Fsp3) is 0.318. The number of hydrogen-bond acceptors (Lipinski definition) is 5. The molecular weight excluding hydrogens is 342 g/mol. The maximum atomic E-state index is 12.6. The van der Waals surface area contributed by atoms with Crippen molar-refractivity contribution in [2.45, 2.75) is 13.3 Å². The lowest BCUT2D eigenvalue weighted by atomic mass is 10.1. The third-order valence-electron chi connectivity index (χ3n) is 4.32. The number of rotatable bonds is 7. The number of nitrogens with zero attached hydrogens (tertiary/aromatic N) is 1. The van der Waals surface area contributed by atoms with E-state index in [9.17, 15) is 4.79 Å². The van der Waals surface area contributed by atoms with Gasteiger partial charge in [0.15, 0.2) is 5.43 Å². The Morgan fingerprint density at radius 2 is 1.81 bits per heavy atom. The molecule has 0 amide bonds. The van der Waals surface area contributed by atoms with Crippen molar-refractivity contribution in [2.75, 3.05) is 34.4 Å². The molecular formula is C22H25NO4. The molecule has 1 heterocycles. The highest BCUT2D eigenvalue weighted by molar-refractivity contribution is 5.85. The van der Waals surface area contributed by atoms with E-state index >= 15 is 0 Å². The van der Waals surface area contributed by atoms with Crippen LogP contribution < -0.4 is 14.9 Å². The van der Waals surface area contributed by atoms with Gasteiger partial charge in [-0.05, 0) is 69.4 Å². The Labute approximate surface area is 159 Å². The maximum Gasteiger partial charge on any atom is 0.197 e. The summed E-state index contributed by atoms with van der Waals surface area (Å²) in [5.74, 6) is 1.87. The van der Waals surface area contributed by atoms with Gasteiger partial charge < -0.3 is 18.8 Å². The maximum absolute atomic E-state index is 12.6. The molecule has 0 aliphatic carbocycles. The summed E-state index contributed by atoms with van der Waals surface area (Å²) in [4.78, 5) is 14.7. The fourth-order valence-electron chi connectivity index (χ4n) is 2.97. The molecule has 0 aliphatic rings. The Morgan fingerprint density at radius 1 is 1.07 bits per heavy atom. The summed E-state index contributed by atoms with van der Waals surface area (Å²) in [7, 11) is 5.64. The molecule has 0 bridgehead atoms. The highest BCUT2D eigenvalue weighted by Crippen LogP contribution is 2.29. The van der Waals surface area contributed by atoms with Crippen LogP contribution in [-0.4, -0.2) is 39.3 Å². The van der Waals surface area contributed by atoms with E-state index in [-0.39, 0.29) is 5.43 Å². The van der Waals surface area contributed by atoms with E-state index in [1.165, 1.54) is 6.07 Å². The van der Waals surface area contributed by atoms with E-state index in [0.29, 0.717) is 29.1 Å². The molecule has 27 heavy (non-hydrogen) atoms. The topological polar surface area (TPSA) is 51.9 Å². The first-order chi connectivity index (χ1) is 13.0. The third-order valence-corrected chi connectivity index (χ3v) is 4.32. The number of fused-ring (bicyclic) bond motifs is 1. The number of hydrogen-bond donors (Lipinski definition) is 0. The van der Waals surface area contributed by atoms with Gasteiger partial charge in [-0.1, -0.05) is 0 Å². The molecule has 0 N–H and O–H groups in total. The van der Waals surface area contributed by atoms with E-state index in [4.69, 9.17) is 13.9 Å². The molecule has 5 heteroatoms. The van der Waals surface area contributed by atoms with E-state index < -0.39 is 0 Å². The Bertz CT molecular complexity index is 974. The quantitative estimate of drug-likeness (QED) is 0.588. The number of ether oxygens (including phenoxy) is 2. The van der Waals surface area contributed by atoms with Crippen LogP contribution in [0.15, 0.2) is 51.7 Å². The molecule has 1 aromatic heterocycles. The lowest BCUT2D eigenvalue weighted by molar-refractivity contribution is 0.281. The van der Waals surface area contributed by atoms with Crippen molar-refractivity contribution < 1.29 is 13.9 Å². The molecule has 2 aromatic carbocycles. The first kappa shape index (κ1) is 19.0. The van der Waals surface area contributed by atoms with Crippen molar-refractivity contribution in [3.63, 3.8) is 0 Å². The molecule has 3 aromatic rings. The summed E-state index contributed by atoms with van der Waals surface area (Å²) in [6.45, 7) is 3.60. The third kappa shape index (κ3) is 4.49.